The maximum Gasteiger partial charge on any atom is 0.115 e. The van der Waals surface area contributed by atoms with Gasteiger partial charge < -0.3 is 4.90 Å². The summed E-state index contributed by atoms with van der Waals surface area (Å²) in [6.07, 6.45) is 6.02. The molecule has 0 amide bonds. The van der Waals surface area contributed by atoms with Crippen LogP contribution in [0.25, 0.3) is 0 Å². The molecule has 1 aromatic rings. The normalized spacial score (nSPS) is 24.5. The first kappa shape index (κ1) is 8.63. The second-order valence-electron chi connectivity index (χ2n) is 3.74. The zero-order chi connectivity index (χ0) is 9.10. The number of nitrogens with zero attached hydrogens (tertiary/aromatic N) is 3. The molecule has 3 heteroatoms. The molecule has 1 atom stereocenters. The van der Waals surface area contributed by atoms with E-state index >= 15 is 0 Å². The highest BCUT2D eigenvalue weighted by Gasteiger charge is 2.19. The van der Waals surface area contributed by atoms with Crippen molar-refractivity contribution in [2.45, 2.75) is 18.8 Å². The smallest absolute Gasteiger partial charge is 0.115 e. The number of aromatic nitrogens is 2. The van der Waals surface area contributed by atoms with Gasteiger partial charge in [-0.3, -0.25) is 0 Å². The molecule has 0 saturated carbocycles. The third-order valence-corrected chi connectivity index (χ3v) is 2.65. The highest BCUT2D eigenvalue weighted by Crippen LogP contribution is 2.23. The van der Waals surface area contributed by atoms with Crippen LogP contribution in [0.2, 0.25) is 0 Å². The summed E-state index contributed by atoms with van der Waals surface area (Å²) in [5.74, 6) is 0.613. The van der Waals surface area contributed by atoms with Gasteiger partial charge in [0.1, 0.15) is 6.33 Å². The second-order valence-corrected chi connectivity index (χ2v) is 3.74. The van der Waals surface area contributed by atoms with Crippen LogP contribution in [0.1, 0.15) is 24.5 Å². The Morgan fingerprint density at radius 2 is 2.46 bits per heavy atom. The first-order chi connectivity index (χ1) is 6.36. The molecular weight excluding hydrogens is 162 g/mol. The fourth-order valence-electron chi connectivity index (χ4n) is 1.95. The zero-order valence-electron chi connectivity index (χ0n) is 7.98. The van der Waals surface area contributed by atoms with Gasteiger partial charge >= 0.3 is 0 Å². The Bertz CT molecular complexity index is 260. The van der Waals surface area contributed by atoms with Gasteiger partial charge in [0.2, 0.25) is 0 Å². The molecule has 13 heavy (non-hydrogen) atoms. The van der Waals surface area contributed by atoms with Crippen LogP contribution < -0.4 is 0 Å². The molecule has 0 N–H and O–H groups in total. The molecule has 0 spiro atoms. The third kappa shape index (κ3) is 2.04. The van der Waals surface area contributed by atoms with E-state index in [9.17, 15) is 0 Å². The van der Waals surface area contributed by atoms with Crippen molar-refractivity contribution in [2.75, 3.05) is 20.1 Å². The lowest BCUT2D eigenvalue weighted by Crippen LogP contribution is -2.31. The van der Waals surface area contributed by atoms with Gasteiger partial charge in [-0.1, -0.05) is 0 Å². The summed E-state index contributed by atoms with van der Waals surface area (Å²) in [6.45, 7) is 2.36. The highest BCUT2D eigenvalue weighted by atomic mass is 15.1. The average molecular weight is 177 g/mol. The van der Waals surface area contributed by atoms with Crippen LogP contribution in [0.4, 0.5) is 0 Å². The summed E-state index contributed by atoms with van der Waals surface area (Å²) in [7, 11) is 2.17. The van der Waals surface area contributed by atoms with Gasteiger partial charge in [0, 0.05) is 24.4 Å². The number of likely N-dealkylation sites (N-methyl/N-ethyl adjacent to an activating group) is 1. The summed E-state index contributed by atoms with van der Waals surface area (Å²) >= 11 is 0. The Morgan fingerprint density at radius 1 is 1.54 bits per heavy atom. The summed E-state index contributed by atoms with van der Waals surface area (Å²) in [5, 5.41) is 0. The van der Waals surface area contributed by atoms with Crippen molar-refractivity contribution in [1.29, 1.82) is 0 Å². The number of piperidine rings is 1. The summed E-state index contributed by atoms with van der Waals surface area (Å²) < 4.78 is 0. The van der Waals surface area contributed by atoms with Crippen LogP contribution in [0.3, 0.4) is 0 Å². The van der Waals surface area contributed by atoms with Gasteiger partial charge in [-0.05, 0) is 32.5 Å². The van der Waals surface area contributed by atoms with Crippen LogP contribution >= 0.6 is 0 Å². The van der Waals surface area contributed by atoms with Crippen LogP contribution in [-0.2, 0) is 0 Å². The first-order valence-corrected chi connectivity index (χ1v) is 4.81. The average Bonchev–Trinajstić information content (AvgIpc) is 2.19. The topological polar surface area (TPSA) is 29.0 Å². The minimum Gasteiger partial charge on any atom is -0.306 e. The maximum absolute atomic E-state index is 4.30. The van der Waals surface area contributed by atoms with E-state index in [1.54, 1.807) is 6.33 Å². The number of likely N-dealkylation sites (tertiary alicyclic amines) is 1. The number of rotatable bonds is 1. The first-order valence-electron chi connectivity index (χ1n) is 4.81. The van der Waals surface area contributed by atoms with Crippen molar-refractivity contribution < 1.29 is 0 Å². The molecule has 70 valence electrons. The Kier molecular flexibility index (Phi) is 2.54. The third-order valence-electron chi connectivity index (χ3n) is 2.65. The van der Waals surface area contributed by atoms with Crippen molar-refractivity contribution in [1.82, 2.24) is 14.9 Å². The summed E-state index contributed by atoms with van der Waals surface area (Å²) in [5.41, 5.74) is 1.20. The largest absolute Gasteiger partial charge is 0.306 e. The van der Waals surface area contributed by atoms with Crippen LogP contribution in [0.5, 0.6) is 0 Å². The molecule has 0 bridgehead atoms. The fourth-order valence-corrected chi connectivity index (χ4v) is 1.95. The predicted molar refractivity (Wildman–Crippen MR) is 51.5 cm³/mol. The van der Waals surface area contributed by atoms with Gasteiger partial charge in [0.25, 0.3) is 0 Å². The molecule has 3 nitrogen and oxygen atoms in total. The lowest BCUT2D eigenvalue weighted by molar-refractivity contribution is 0.248. The van der Waals surface area contributed by atoms with E-state index in [1.807, 2.05) is 12.3 Å². The molecule has 1 aliphatic heterocycles. The van der Waals surface area contributed by atoms with E-state index in [-0.39, 0.29) is 0 Å². The van der Waals surface area contributed by atoms with Crippen molar-refractivity contribution in [3.8, 4) is 0 Å². The SMILES string of the molecule is CN1CCCC(c2ccncn2)C1. The fraction of sp³-hybridized carbons (Fsp3) is 0.600. The molecule has 1 aromatic heterocycles. The molecule has 1 aliphatic rings. The van der Waals surface area contributed by atoms with Gasteiger partial charge in [0.05, 0.1) is 0 Å². The standard InChI is InChI=1S/C10H15N3/c1-13-6-2-3-9(7-13)10-4-5-11-8-12-10/h4-5,8-9H,2-3,6-7H2,1H3. The van der Waals surface area contributed by atoms with Crippen LogP contribution in [0, 0.1) is 0 Å². The van der Waals surface area contributed by atoms with Crippen molar-refractivity contribution in [3.05, 3.63) is 24.3 Å². The quantitative estimate of drug-likeness (QED) is 0.647. The van der Waals surface area contributed by atoms with Crippen molar-refractivity contribution >= 4 is 0 Å². The molecule has 1 unspecified atom stereocenters. The molecule has 2 rings (SSSR count). The lowest BCUT2D eigenvalue weighted by atomic mass is 9.95. The Morgan fingerprint density at radius 3 is 3.15 bits per heavy atom. The molecular formula is C10H15N3. The zero-order valence-corrected chi connectivity index (χ0v) is 7.98. The number of hydrogen-bond acceptors (Lipinski definition) is 3. The van der Waals surface area contributed by atoms with Gasteiger partial charge in [0.15, 0.2) is 0 Å². The summed E-state index contributed by atoms with van der Waals surface area (Å²) in [6, 6.07) is 2.03. The molecule has 1 fully saturated rings. The summed E-state index contributed by atoms with van der Waals surface area (Å²) in [4.78, 5) is 10.6. The number of hydrogen-bond donors (Lipinski definition) is 0. The van der Waals surface area contributed by atoms with Gasteiger partial charge in [-0.2, -0.15) is 0 Å². The van der Waals surface area contributed by atoms with Crippen LogP contribution in [-0.4, -0.2) is 35.0 Å². The predicted octanol–water partition coefficient (Wildman–Crippen LogP) is 1.29. The maximum atomic E-state index is 4.30. The molecule has 0 radical (unpaired) electrons. The van der Waals surface area contributed by atoms with E-state index in [0.717, 1.165) is 6.54 Å². The second kappa shape index (κ2) is 3.83. The molecule has 1 saturated heterocycles. The Hall–Kier alpha value is -0.960. The van der Waals surface area contributed by atoms with E-state index in [1.165, 1.54) is 25.1 Å². The van der Waals surface area contributed by atoms with E-state index in [2.05, 4.69) is 21.9 Å². The molecule has 0 aliphatic carbocycles. The Labute approximate surface area is 78.8 Å². The van der Waals surface area contributed by atoms with E-state index in [4.69, 9.17) is 0 Å². The van der Waals surface area contributed by atoms with E-state index < -0.39 is 0 Å². The minimum atomic E-state index is 0.613. The minimum absolute atomic E-state index is 0.613. The highest BCUT2D eigenvalue weighted by molar-refractivity contribution is 5.07. The van der Waals surface area contributed by atoms with Gasteiger partial charge in [-0.15, -0.1) is 0 Å². The van der Waals surface area contributed by atoms with Crippen molar-refractivity contribution in [2.24, 2.45) is 0 Å². The van der Waals surface area contributed by atoms with E-state index in [0.29, 0.717) is 5.92 Å². The van der Waals surface area contributed by atoms with Crippen molar-refractivity contribution in [3.63, 3.8) is 0 Å². The monoisotopic (exact) mass is 177 g/mol. The van der Waals surface area contributed by atoms with Crippen LogP contribution in [0.15, 0.2) is 18.6 Å². The Balaban J connectivity index is 2.08. The van der Waals surface area contributed by atoms with Gasteiger partial charge in [-0.25, -0.2) is 9.97 Å². The molecule has 2 heterocycles. The molecule has 0 aromatic carbocycles. The lowest BCUT2D eigenvalue weighted by Gasteiger charge is -2.28.